The molecular weight excluding hydrogens is 292 g/mol. The second kappa shape index (κ2) is 5.53. The third kappa shape index (κ3) is 2.72. The number of para-hydroxylation sites is 1. The number of hydrogen-bond donors (Lipinski definition) is 1. The molecule has 0 unspecified atom stereocenters. The molecule has 1 fully saturated rings. The molecule has 1 aliphatic rings. The molecule has 1 aliphatic carbocycles. The third-order valence-electron chi connectivity index (χ3n) is 4.23. The van der Waals surface area contributed by atoms with Gasteiger partial charge < -0.3 is 9.84 Å². The zero-order chi connectivity index (χ0) is 15.8. The predicted octanol–water partition coefficient (Wildman–Crippen LogP) is 2.41. The van der Waals surface area contributed by atoms with Gasteiger partial charge in [-0.25, -0.2) is 0 Å². The molecule has 23 heavy (non-hydrogen) atoms. The lowest BCUT2D eigenvalue weighted by Gasteiger charge is -2.03. The molecule has 0 aliphatic heterocycles. The van der Waals surface area contributed by atoms with E-state index in [-0.39, 0.29) is 5.91 Å². The van der Waals surface area contributed by atoms with Crippen LogP contribution in [0.4, 0.5) is 0 Å². The van der Waals surface area contributed by atoms with Crippen molar-refractivity contribution < 1.29 is 9.32 Å². The maximum atomic E-state index is 12.3. The first-order valence-electron chi connectivity index (χ1n) is 7.88. The minimum absolute atomic E-state index is 0.0975. The molecule has 4 rings (SSSR count). The van der Waals surface area contributed by atoms with Crippen LogP contribution in [0.15, 0.2) is 34.9 Å². The Balaban J connectivity index is 1.40. The van der Waals surface area contributed by atoms with Crippen LogP contribution in [0.5, 0.6) is 0 Å². The first-order chi connectivity index (χ1) is 11.2. The van der Waals surface area contributed by atoms with E-state index < -0.39 is 0 Å². The number of aryl methyl sites for hydroxylation is 1. The van der Waals surface area contributed by atoms with Crippen molar-refractivity contribution in [3.05, 3.63) is 47.4 Å². The maximum absolute atomic E-state index is 12.3. The summed E-state index contributed by atoms with van der Waals surface area (Å²) in [6.07, 6.45) is 2.99. The number of nitrogens with one attached hydrogen (secondary N) is 1. The number of benzene rings is 1. The van der Waals surface area contributed by atoms with Crippen molar-refractivity contribution in [2.45, 2.75) is 25.2 Å². The highest BCUT2D eigenvalue weighted by molar-refractivity contribution is 5.92. The summed E-state index contributed by atoms with van der Waals surface area (Å²) in [6.45, 7) is 0.513. The summed E-state index contributed by atoms with van der Waals surface area (Å²) in [4.78, 5) is 12.3. The Labute approximate surface area is 133 Å². The molecule has 6 heteroatoms. The van der Waals surface area contributed by atoms with Gasteiger partial charge in [-0.3, -0.25) is 9.48 Å². The molecule has 0 saturated heterocycles. The van der Waals surface area contributed by atoms with Crippen LogP contribution in [-0.4, -0.2) is 27.4 Å². The predicted molar refractivity (Wildman–Crippen MR) is 85.2 cm³/mol. The summed E-state index contributed by atoms with van der Waals surface area (Å²) < 4.78 is 6.93. The van der Waals surface area contributed by atoms with E-state index in [1.54, 1.807) is 4.68 Å². The van der Waals surface area contributed by atoms with E-state index in [2.05, 4.69) is 15.6 Å². The lowest BCUT2D eigenvalue weighted by Crippen LogP contribution is -2.27. The van der Waals surface area contributed by atoms with Gasteiger partial charge in [0.25, 0.3) is 5.91 Å². The van der Waals surface area contributed by atoms with Crippen LogP contribution in [0.1, 0.15) is 40.6 Å². The standard InChI is InChI=1S/C17H18N4O2/c1-21-15(10-14(19-21)11-6-7-11)17(22)18-9-8-13-12-4-2-3-5-16(12)23-20-13/h2-5,10-11H,6-9H2,1H3,(H,18,22). The van der Waals surface area contributed by atoms with Gasteiger partial charge in [0.2, 0.25) is 0 Å². The number of amides is 1. The SMILES string of the molecule is Cn1nc(C2CC2)cc1C(=O)NCCc1noc2ccccc12. The molecule has 2 aromatic heterocycles. The van der Waals surface area contributed by atoms with Crippen molar-refractivity contribution in [3.8, 4) is 0 Å². The van der Waals surface area contributed by atoms with Crippen molar-refractivity contribution in [1.29, 1.82) is 0 Å². The molecule has 1 aromatic carbocycles. The number of hydrogen-bond acceptors (Lipinski definition) is 4. The summed E-state index contributed by atoms with van der Waals surface area (Å²) in [5.74, 6) is 0.448. The monoisotopic (exact) mass is 310 g/mol. The molecular formula is C17H18N4O2. The average Bonchev–Trinajstić information content (AvgIpc) is 3.22. The number of aromatic nitrogens is 3. The van der Waals surface area contributed by atoms with Crippen LogP contribution >= 0.6 is 0 Å². The molecule has 1 amide bonds. The van der Waals surface area contributed by atoms with Crippen LogP contribution in [0.2, 0.25) is 0 Å². The van der Waals surface area contributed by atoms with Gasteiger partial charge in [-0.2, -0.15) is 5.10 Å². The Hall–Kier alpha value is -2.63. The molecule has 1 saturated carbocycles. The lowest BCUT2D eigenvalue weighted by atomic mass is 10.2. The summed E-state index contributed by atoms with van der Waals surface area (Å²) in [5.41, 5.74) is 3.27. The van der Waals surface area contributed by atoms with Crippen LogP contribution in [-0.2, 0) is 13.5 Å². The second-order valence-corrected chi connectivity index (χ2v) is 5.98. The Morgan fingerprint density at radius 3 is 3.04 bits per heavy atom. The van der Waals surface area contributed by atoms with Gasteiger partial charge in [-0.1, -0.05) is 17.3 Å². The highest BCUT2D eigenvalue weighted by atomic mass is 16.5. The number of carbonyl (C=O) groups is 1. The zero-order valence-electron chi connectivity index (χ0n) is 13.0. The molecule has 3 aromatic rings. The van der Waals surface area contributed by atoms with Gasteiger partial charge in [-0.05, 0) is 31.0 Å². The second-order valence-electron chi connectivity index (χ2n) is 5.98. The lowest BCUT2D eigenvalue weighted by molar-refractivity contribution is 0.0944. The Bertz CT molecular complexity index is 860. The zero-order valence-corrected chi connectivity index (χ0v) is 13.0. The van der Waals surface area contributed by atoms with E-state index in [1.807, 2.05) is 37.4 Å². The van der Waals surface area contributed by atoms with Crippen LogP contribution in [0, 0.1) is 0 Å². The summed E-state index contributed by atoms with van der Waals surface area (Å²) in [7, 11) is 1.81. The minimum atomic E-state index is -0.0975. The van der Waals surface area contributed by atoms with Crippen LogP contribution in [0.25, 0.3) is 11.0 Å². The van der Waals surface area contributed by atoms with Gasteiger partial charge in [0, 0.05) is 31.3 Å². The largest absolute Gasteiger partial charge is 0.356 e. The van der Waals surface area contributed by atoms with Crippen LogP contribution in [0.3, 0.4) is 0 Å². The van der Waals surface area contributed by atoms with Crippen LogP contribution < -0.4 is 5.32 Å². The molecule has 0 atom stereocenters. The van der Waals surface area contributed by atoms with Gasteiger partial charge in [0.05, 0.1) is 11.4 Å². The highest BCUT2D eigenvalue weighted by Crippen LogP contribution is 2.39. The topological polar surface area (TPSA) is 73.0 Å². The van der Waals surface area contributed by atoms with E-state index in [9.17, 15) is 4.79 Å². The van der Waals surface area contributed by atoms with E-state index in [4.69, 9.17) is 4.52 Å². The number of fused-ring (bicyclic) bond motifs is 1. The Morgan fingerprint density at radius 1 is 1.39 bits per heavy atom. The van der Waals surface area contributed by atoms with Crippen molar-refractivity contribution >= 4 is 16.9 Å². The third-order valence-corrected chi connectivity index (χ3v) is 4.23. The number of nitrogens with zero attached hydrogens (tertiary/aromatic N) is 3. The fourth-order valence-electron chi connectivity index (χ4n) is 2.78. The number of carbonyl (C=O) groups excluding carboxylic acids is 1. The van der Waals surface area contributed by atoms with Gasteiger partial charge >= 0.3 is 0 Å². The van der Waals surface area contributed by atoms with E-state index in [0.29, 0.717) is 24.6 Å². The molecule has 0 radical (unpaired) electrons. The molecule has 118 valence electrons. The van der Waals surface area contributed by atoms with E-state index in [0.717, 1.165) is 22.4 Å². The molecule has 1 N–H and O–H groups in total. The first-order valence-corrected chi connectivity index (χ1v) is 7.88. The fraction of sp³-hybridized carbons (Fsp3) is 0.353. The highest BCUT2D eigenvalue weighted by Gasteiger charge is 2.27. The van der Waals surface area contributed by atoms with Crippen molar-refractivity contribution in [1.82, 2.24) is 20.3 Å². The Morgan fingerprint density at radius 2 is 2.22 bits per heavy atom. The molecule has 0 spiro atoms. The van der Waals surface area contributed by atoms with Gasteiger partial charge in [0.15, 0.2) is 5.58 Å². The van der Waals surface area contributed by atoms with Crippen molar-refractivity contribution in [2.75, 3.05) is 6.54 Å². The van der Waals surface area contributed by atoms with Crippen molar-refractivity contribution in [3.63, 3.8) is 0 Å². The quantitative estimate of drug-likeness (QED) is 0.785. The molecule has 0 bridgehead atoms. The van der Waals surface area contributed by atoms with Gasteiger partial charge in [-0.15, -0.1) is 0 Å². The number of rotatable bonds is 5. The molecule has 2 heterocycles. The van der Waals surface area contributed by atoms with Crippen molar-refractivity contribution in [2.24, 2.45) is 7.05 Å². The average molecular weight is 310 g/mol. The summed E-state index contributed by atoms with van der Waals surface area (Å²) in [5, 5.41) is 12.4. The fourth-order valence-corrected chi connectivity index (χ4v) is 2.78. The normalized spacial score (nSPS) is 14.3. The maximum Gasteiger partial charge on any atom is 0.269 e. The first kappa shape index (κ1) is 14.0. The smallest absolute Gasteiger partial charge is 0.269 e. The summed E-state index contributed by atoms with van der Waals surface area (Å²) >= 11 is 0. The minimum Gasteiger partial charge on any atom is -0.356 e. The van der Waals surface area contributed by atoms with E-state index in [1.165, 1.54) is 12.8 Å². The summed E-state index contributed by atoms with van der Waals surface area (Å²) in [6, 6.07) is 9.64. The van der Waals surface area contributed by atoms with Gasteiger partial charge in [0.1, 0.15) is 5.69 Å². The molecule has 6 nitrogen and oxygen atoms in total. The van der Waals surface area contributed by atoms with E-state index >= 15 is 0 Å². The Kier molecular flexibility index (Phi) is 3.37.